The van der Waals surface area contributed by atoms with E-state index in [1.54, 1.807) is 0 Å². The molecule has 0 atom stereocenters. The average molecular weight is 246 g/mol. The Hall–Kier alpha value is -0.820. The van der Waals surface area contributed by atoms with Crippen LogP contribution in [0.4, 0.5) is 0 Å². The second kappa shape index (κ2) is 8.31. The first-order valence-electron chi connectivity index (χ1n) is 7.22. The van der Waals surface area contributed by atoms with E-state index < -0.39 is 0 Å². The fourth-order valence-electron chi connectivity index (χ4n) is 2.41. The predicted molar refractivity (Wildman–Crippen MR) is 80.7 cm³/mol. The highest BCUT2D eigenvalue weighted by Gasteiger charge is 2.11. The fourth-order valence-corrected chi connectivity index (χ4v) is 2.41. The van der Waals surface area contributed by atoms with E-state index in [9.17, 15) is 0 Å². The largest absolute Gasteiger partial charge is 0.299 e. The van der Waals surface area contributed by atoms with Gasteiger partial charge in [0.25, 0.3) is 0 Å². The number of rotatable bonds is 8. The first-order chi connectivity index (χ1) is 8.61. The molecule has 0 bridgehead atoms. The Bertz CT molecular complexity index is 295. The smallest absolute Gasteiger partial charge is 0.00412 e. The molecule has 0 unspecified atom stereocenters. The zero-order valence-electron chi connectivity index (χ0n) is 12.4. The van der Waals surface area contributed by atoms with Gasteiger partial charge in [0, 0.05) is 12.1 Å². The molecule has 0 spiro atoms. The summed E-state index contributed by atoms with van der Waals surface area (Å²) in [6.45, 7) is 10.4. The summed E-state index contributed by atoms with van der Waals surface area (Å²) in [5, 5.41) is 0. The molecule has 1 aromatic rings. The van der Waals surface area contributed by atoms with Gasteiger partial charge in [0.15, 0.2) is 0 Å². The van der Waals surface area contributed by atoms with Gasteiger partial charge in [-0.05, 0) is 65.5 Å². The maximum atomic E-state index is 2.57. The lowest BCUT2D eigenvalue weighted by atomic mass is 10.1. The summed E-state index contributed by atoms with van der Waals surface area (Å²) in [6, 6.07) is 12.0. The molecule has 1 radical (unpaired) electrons. The van der Waals surface area contributed by atoms with E-state index in [1.807, 2.05) is 0 Å². The molecule has 0 aliphatic heterocycles. The number of hydrogen-bond acceptors (Lipinski definition) is 1. The summed E-state index contributed by atoms with van der Waals surface area (Å²) in [7, 11) is 0. The normalized spacial score (nSPS) is 11.7. The molecule has 1 nitrogen and oxygen atoms in total. The quantitative estimate of drug-likeness (QED) is 0.617. The van der Waals surface area contributed by atoms with Gasteiger partial charge in [-0.25, -0.2) is 0 Å². The molecule has 0 fully saturated rings. The van der Waals surface area contributed by atoms with Gasteiger partial charge in [0.2, 0.25) is 0 Å². The third-order valence-corrected chi connectivity index (χ3v) is 3.37. The Morgan fingerprint density at radius 2 is 1.61 bits per heavy atom. The molecule has 1 rings (SSSR count). The summed E-state index contributed by atoms with van der Waals surface area (Å²) in [5.41, 5.74) is 1.42. The Kier molecular flexibility index (Phi) is 7.04. The van der Waals surface area contributed by atoms with Gasteiger partial charge in [-0.15, -0.1) is 0 Å². The van der Waals surface area contributed by atoms with E-state index >= 15 is 0 Å². The number of unbranched alkanes of at least 4 members (excludes halogenated alkanes) is 2. The Balaban J connectivity index is 2.15. The zero-order valence-corrected chi connectivity index (χ0v) is 12.4. The van der Waals surface area contributed by atoms with E-state index in [-0.39, 0.29) is 0 Å². The molecule has 0 aliphatic rings. The molecule has 0 saturated heterocycles. The first-order valence-corrected chi connectivity index (χ1v) is 7.22. The minimum Gasteiger partial charge on any atom is -0.299 e. The van der Waals surface area contributed by atoms with Crippen molar-refractivity contribution in [2.75, 3.05) is 6.54 Å². The molecular formula is C17H28N. The van der Waals surface area contributed by atoms with Crippen LogP contribution in [-0.4, -0.2) is 23.5 Å². The zero-order chi connectivity index (χ0) is 13.4. The van der Waals surface area contributed by atoms with E-state index in [4.69, 9.17) is 0 Å². The van der Waals surface area contributed by atoms with Crippen molar-refractivity contribution in [1.29, 1.82) is 0 Å². The topological polar surface area (TPSA) is 3.24 Å². The van der Waals surface area contributed by atoms with Gasteiger partial charge in [0.1, 0.15) is 0 Å². The van der Waals surface area contributed by atoms with Crippen molar-refractivity contribution < 1.29 is 0 Å². The Morgan fingerprint density at radius 1 is 1.00 bits per heavy atom. The summed E-state index contributed by atoms with van der Waals surface area (Å²) in [6.07, 6.45) is 5.99. The summed E-state index contributed by atoms with van der Waals surface area (Å²) >= 11 is 0. The van der Waals surface area contributed by atoms with Crippen LogP contribution in [0.3, 0.4) is 0 Å². The van der Waals surface area contributed by atoms with Crippen LogP contribution in [0.5, 0.6) is 0 Å². The number of benzene rings is 1. The van der Waals surface area contributed by atoms with Gasteiger partial charge in [-0.1, -0.05) is 30.3 Å². The van der Waals surface area contributed by atoms with E-state index in [2.05, 4.69) is 69.3 Å². The van der Waals surface area contributed by atoms with Gasteiger partial charge in [-0.2, -0.15) is 0 Å². The lowest BCUT2D eigenvalue weighted by Gasteiger charge is -2.30. The van der Waals surface area contributed by atoms with Crippen molar-refractivity contribution in [2.45, 2.75) is 59.0 Å². The lowest BCUT2D eigenvalue weighted by molar-refractivity contribution is 0.173. The third kappa shape index (κ3) is 5.68. The van der Waals surface area contributed by atoms with E-state index in [0.29, 0.717) is 12.1 Å². The SMILES string of the molecule is CC(C)N(CCC[CH]Cc1ccccc1)C(C)C. The minimum atomic E-state index is 0.652. The van der Waals surface area contributed by atoms with Crippen LogP contribution in [0.15, 0.2) is 30.3 Å². The van der Waals surface area contributed by atoms with Crippen LogP contribution in [0, 0.1) is 6.42 Å². The molecule has 0 aromatic heterocycles. The van der Waals surface area contributed by atoms with Crippen LogP contribution >= 0.6 is 0 Å². The minimum absolute atomic E-state index is 0.652. The lowest BCUT2D eigenvalue weighted by Crippen LogP contribution is -2.37. The molecule has 0 heterocycles. The molecular weight excluding hydrogens is 218 g/mol. The molecule has 0 saturated carbocycles. The van der Waals surface area contributed by atoms with Gasteiger partial charge >= 0.3 is 0 Å². The summed E-state index contributed by atoms with van der Waals surface area (Å²) in [5.74, 6) is 0. The molecule has 0 amide bonds. The van der Waals surface area contributed by atoms with Crippen LogP contribution in [0.1, 0.15) is 46.1 Å². The van der Waals surface area contributed by atoms with E-state index in [1.165, 1.54) is 24.9 Å². The summed E-state index contributed by atoms with van der Waals surface area (Å²) in [4.78, 5) is 2.57. The van der Waals surface area contributed by atoms with Crippen molar-refractivity contribution in [3.05, 3.63) is 42.3 Å². The Morgan fingerprint density at radius 3 is 2.17 bits per heavy atom. The fraction of sp³-hybridized carbons (Fsp3) is 0.588. The maximum Gasteiger partial charge on any atom is 0.00412 e. The van der Waals surface area contributed by atoms with Gasteiger partial charge in [0.05, 0.1) is 0 Å². The van der Waals surface area contributed by atoms with Gasteiger partial charge < -0.3 is 0 Å². The van der Waals surface area contributed by atoms with Crippen molar-refractivity contribution in [1.82, 2.24) is 4.90 Å². The van der Waals surface area contributed by atoms with Crippen LogP contribution < -0.4 is 0 Å². The molecule has 0 N–H and O–H groups in total. The van der Waals surface area contributed by atoms with Crippen molar-refractivity contribution in [2.24, 2.45) is 0 Å². The summed E-state index contributed by atoms with van der Waals surface area (Å²) < 4.78 is 0. The van der Waals surface area contributed by atoms with Crippen LogP contribution in [0.2, 0.25) is 0 Å². The van der Waals surface area contributed by atoms with Crippen LogP contribution in [0.25, 0.3) is 0 Å². The van der Waals surface area contributed by atoms with E-state index in [0.717, 1.165) is 6.42 Å². The first kappa shape index (κ1) is 15.2. The highest BCUT2D eigenvalue weighted by atomic mass is 15.2. The average Bonchev–Trinajstić information content (AvgIpc) is 2.34. The highest BCUT2D eigenvalue weighted by molar-refractivity contribution is 5.16. The molecule has 101 valence electrons. The van der Waals surface area contributed by atoms with Crippen molar-refractivity contribution >= 4 is 0 Å². The predicted octanol–water partition coefficient (Wildman–Crippen LogP) is 4.33. The van der Waals surface area contributed by atoms with Crippen molar-refractivity contribution in [3.63, 3.8) is 0 Å². The standard InChI is InChI=1S/C17H28N/c1-15(2)18(16(3)4)14-10-6-9-13-17-11-7-5-8-12-17/h5,7-9,11-12,15-16H,6,10,13-14H2,1-4H3. The number of hydrogen-bond donors (Lipinski definition) is 0. The third-order valence-electron chi connectivity index (χ3n) is 3.37. The highest BCUT2D eigenvalue weighted by Crippen LogP contribution is 2.09. The monoisotopic (exact) mass is 246 g/mol. The molecule has 18 heavy (non-hydrogen) atoms. The van der Waals surface area contributed by atoms with Crippen LogP contribution in [-0.2, 0) is 6.42 Å². The molecule has 1 heteroatoms. The molecule has 1 aromatic carbocycles. The van der Waals surface area contributed by atoms with Crippen molar-refractivity contribution in [3.8, 4) is 0 Å². The second-order valence-corrected chi connectivity index (χ2v) is 5.55. The second-order valence-electron chi connectivity index (χ2n) is 5.55. The Labute approximate surface area is 113 Å². The maximum absolute atomic E-state index is 2.57. The molecule has 0 aliphatic carbocycles. The number of nitrogens with zero attached hydrogens (tertiary/aromatic N) is 1. The van der Waals surface area contributed by atoms with Gasteiger partial charge in [-0.3, -0.25) is 4.90 Å².